The molecule has 0 unspecified atom stereocenters. The summed E-state index contributed by atoms with van der Waals surface area (Å²) in [6.07, 6.45) is 0. The number of aromatic nitrogens is 2. The minimum absolute atomic E-state index is 0.225. The molecule has 0 amide bonds. The van der Waals surface area contributed by atoms with Crippen molar-refractivity contribution >= 4 is 34.1 Å². The van der Waals surface area contributed by atoms with Crippen molar-refractivity contribution in [3.63, 3.8) is 0 Å². The zero-order valence-corrected chi connectivity index (χ0v) is 10.1. The van der Waals surface area contributed by atoms with E-state index in [1.54, 1.807) is 0 Å². The first kappa shape index (κ1) is 10.9. The van der Waals surface area contributed by atoms with Crippen LogP contribution in [0.1, 0.15) is 25.3 Å². The summed E-state index contributed by atoms with van der Waals surface area (Å²) in [4.78, 5) is 0. The molecule has 0 spiro atoms. The topological polar surface area (TPSA) is 66.7 Å². The van der Waals surface area contributed by atoms with Gasteiger partial charge in [-0.2, -0.15) is 5.10 Å². The second-order valence-corrected chi connectivity index (χ2v) is 4.46. The third-order valence-electron chi connectivity index (χ3n) is 2.50. The number of nitrogens with two attached hydrogens (primary N) is 1. The van der Waals surface area contributed by atoms with E-state index in [2.05, 4.69) is 41.5 Å². The van der Waals surface area contributed by atoms with Crippen molar-refractivity contribution in [2.75, 3.05) is 5.32 Å². The Morgan fingerprint density at radius 2 is 2.25 bits per heavy atom. The number of hydrogen-bond acceptors (Lipinski definition) is 2. The number of thiocarbonyl (C=S) groups is 1. The van der Waals surface area contributed by atoms with Crippen LogP contribution in [0.25, 0.3) is 10.9 Å². The minimum atomic E-state index is 0.225. The van der Waals surface area contributed by atoms with Gasteiger partial charge in [0.1, 0.15) is 0 Å². The third-order valence-corrected chi connectivity index (χ3v) is 2.60. The van der Waals surface area contributed by atoms with Crippen LogP contribution in [0, 0.1) is 0 Å². The Hall–Kier alpha value is -1.62. The molecule has 0 aliphatic rings. The highest BCUT2D eigenvalue weighted by molar-refractivity contribution is 7.80. The maximum Gasteiger partial charge on any atom is 0.169 e. The number of hydrogen-bond donors (Lipinski definition) is 3. The van der Waals surface area contributed by atoms with Gasteiger partial charge in [-0.05, 0) is 35.8 Å². The first-order valence-electron chi connectivity index (χ1n) is 5.12. The van der Waals surface area contributed by atoms with Crippen LogP contribution in [0.5, 0.6) is 0 Å². The lowest BCUT2D eigenvalue weighted by atomic mass is 10.0. The number of anilines is 1. The van der Waals surface area contributed by atoms with Crippen molar-refractivity contribution in [2.45, 2.75) is 19.8 Å². The van der Waals surface area contributed by atoms with E-state index in [4.69, 9.17) is 18.0 Å². The Balaban J connectivity index is 2.51. The summed E-state index contributed by atoms with van der Waals surface area (Å²) in [5, 5.41) is 11.2. The van der Waals surface area contributed by atoms with Gasteiger partial charge in [0.15, 0.2) is 10.9 Å². The predicted molar refractivity (Wildman–Crippen MR) is 70.6 cm³/mol. The fraction of sp³-hybridized carbons (Fsp3) is 0.273. The van der Waals surface area contributed by atoms with Crippen molar-refractivity contribution in [3.05, 3.63) is 23.8 Å². The first-order valence-corrected chi connectivity index (χ1v) is 5.53. The van der Waals surface area contributed by atoms with Crippen LogP contribution < -0.4 is 11.1 Å². The molecule has 5 heteroatoms. The van der Waals surface area contributed by atoms with Crippen molar-refractivity contribution in [2.24, 2.45) is 5.73 Å². The molecular weight excluding hydrogens is 220 g/mol. The van der Waals surface area contributed by atoms with Crippen molar-refractivity contribution in [1.29, 1.82) is 0 Å². The number of rotatable bonds is 2. The molecule has 0 radical (unpaired) electrons. The minimum Gasteiger partial charge on any atom is -0.376 e. The normalized spacial score (nSPS) is 10.9. The summed E-state index contributed by atoms with van der Waals surface area (Å²) < 4.78 is 0. The number of fused-ring (bicyclic) bond motifs is 1. The van der Waals surface area contributed by atoms with E-state index in [1.165, 1.54) is 5.56 Å². The Morgan fingerprint density at radius 3 is 2.88 bits per heavy atom. The van der Waals surface area contributed by atoms with E-state index in [0.717, 1.165) is 10.9 Å². The van der Waals surface area contributed by atoms with Gasteiger partial charge in [-0.1, -0.05) is 19.9 Å². The van der Waals surface area contributed by atoms with Gasteiger partial charge in [0.2, 0.25) is 0 Å². The molecule has 0 saturated heterocycles. The second kappa shape index (κ2) is 4.09. The molecule has 0 saturated carbocycles. The lowest BCUT2D eigenvalue weighted by molar-refractivity contribution is 0.869. The summed E-state index contributed by atoms with van der Waals surface area (Å²) in [6.45, 7) is 4.31. The van der Waals surface area contributed by atoms with Gasteiger partial charge in [0.05, 0.1) is 5.52 Å². The van der Waals surface area contributed by atoms with Gasteiger partial charge < -0.3 is 11.1 Å². The number of benzene rings is 1. The van der Waals surface area contributed by atoms with Crippen LogP contribution in [0.2, 0.25) is 0 Å². The van der Waals surface area contributed by atoms with E-state index in [0.29, 0.717) is 11.7 Å². The van der Waals surface area contributed by atoms with Crippen LogP contribution in [0.15, 0.2) is 18.2 Å². The molecule has 4 nitrogen and oxygen atoms in total. The summed E-state index contributed by atoms with van der Waals surface area (Å²) >= 11 is 4.80. The van der Waals surface area contributed by atoms with Gasteiger partial charge >= 0.3 is 0 Å². The summed E-state index contributed by atoms with van der Waals surface area (Å²) in [5.41, 5.74) is 7.68. The molecule has 16 heavy (non-hydrogen) atoms. The van der Waals surface area contributed by atoms with E-state index >= 15 is 0 Å². The van der Waals surface area contributed by atoms with Crippen LogP contribution >= 0.6 is 12.2 Å². The molecule has 84 valence electrons. The van der Waals surface area contributed by atoms with Gasteiger partial charge in [-0.25, -0.2) is 0 Å². The maximum atomic E-state index is 5.44. The molecule has 1 aromatic heterocycles. The van der Waals surface area contributed by atoms with Gasteiger partial charge in [0.25, 0.3) is 0 Å². The molecule has 0 atom stereocenters. The Kier molecular flexibility index (Phi) is 2.78. The molecule has 2 aromatic rings. The highest BCUT2D eigenvalue weighted by Crippen LogP contribution is 2.24. The Morgan fingerprint density at radius 1 is 1.50 bits per heavy atom. The molecule has 0 fully saturated rings. The van der Waals surface area contributed by atoms with E-state index in [-0.39, 0.29) is 5.11 Å². The third kappa shape index (κ3) is 1.99. The van der Waals surface area contributed by atoms with Gasteiger partial charge in [0, 0.05) is 5.39 Å². The van der Waals surface area contributed by atoms with Crippen molar-refractivity contribution in [3.8, 4) is 0 Å². The fourth-order valence-electron chi connectivity index (χ4n) is 1.60. The van der Waals surface area contributed by atoms with Crippen molar-refractivity contribution in [1.82, 2.24) is 10.2 Å². The second-order valence-electron chi connectivity index (χ2n) is 4.02. The predicted octanol–water partition coefficient (Wildman–Crippen LogP) is 2.34. The van der Waals surface area contributed by atoms with E-state index in [1.807, 2.05) is 6.07 Å². The molecule has 0 bridgehead atoms. The molecule has 1 aromatic carbocycles. The number of aromatic amines is 1. The van der Waals surface area contributed by atoms with Crippen molar-refractivity contribution < 1.29 is 0 Å². The largest absolute Gasteiger partial charge is 0.376 e. The SMILES string of the molecule is CC(C)c1ccc2[nH]nc(NC(N)=S)c2c1. The highest BCUT2D eigenvalue weighted by atomic mass is 32.1. The Labute approximate surface area is 99.2 Å². The zero-order valence-electron chi connectivity index (χ0n) is 9.24. The van der Waals surface area contributed by atoms with E-state index in [9.17, 15) is 0 Å². The quantitative estimate of drug-likeness (QED) is 0.698. The molecule has 4 N–H and O–H groups in total. The molecule has 0 aliphatic carbocycles. The fourth-order valence-corrected chi connectivity index (χ4v) is 1.70. The van der Waals surface area contributed by atoms with Crippen LogP contribution in [0.4, 0.5) is 5.82 Å². The number of H-pyrrole nitrogens is 1. The average molecular weight is 234 g/mol. The van der Waals surface area contributed by atoms with Crippen LogP contribution in [-0.2, 0) is 0 Å². The number of nitrogens with one attached hydrogen (secondary N) is 2. The smallest absolute Gasteiger partial charge is 0.169 e. The molecule has 2 rings (SSSR count). The summed E-state index contributed by atoms with van der Waals surface area (Å²) in [6, 6.07) is 6.21. The zero-order chi connectivity index (χ0) is 11.7. The lowest BCUT2D eigenvalue weighted by Crippen LogP contribution is -2.19. The molecular formula is C11H14N4S. The summed E-state index contributed by atoms with van der Waals surface area (Å²) in [7, 11) is 0. The lowest BCUT2D eigenvalue weighted by Gasteiger charge is -2.05. The summed E-state index contributed by atoms with van der Waals surface area (Å²) in [5.74, 6) is 1.17. The number of nitrogens with zero attached hydrogens (tertiary/aromatic N) is 1. The van der Waals surface area contributed by atoms with Crippen LogP contribution in [-0.4, -0.2) is 15.3 Å². The molecule has 0 aliphatic heterocycles. The maximum absolute atomic E-state index is 5.44. The van der Waals surface area contributed by atoms with Gasteiger partial charge in [-0.15, -0.1) is 0 Å². The first-order chi connectivity index (χ1) is 7.58. The monoisotopic (exact) mass is 234 g/mol. The average Bonchev–Trinajstić information content (AvgIpc) is 2.60. The Bertz CT molecular complexity index is 530. The highest BCUT2D eigenvalue weighted by Gasteiger charge is 2.08. The van der Waals surface area contributed by atoms with Gasteiger partial charge in [-0.3, -0.25) is 5.10 Å². The standard InChI is InChI=1S/C11H14N4S/c1-6(2)7-3-4-9-8(5-7)10(15-14-9)13-11(12)16/h3-6H,1-2H3,(H4,12,13,14,15,16). The molecule has 1 heterocycles. The van der Waals surface area contributed by atoms with Crippen LogP contribution in [0.3, 0.4) is 0 Å². The van der Waals surface area contributed by atoms with E-state index < -0.39 is 0 Å².